The zero-order valence-electron chi connectivity index (χ0n) is 12.3. The van der Waals surface area contributed by atoms with E-state index in [1.165, 1.54) is 32.7 Å². The van der Waals surface area contributed by atoms with Crippen LogP contribution >= 0.6 is 0 Å². The summed E-state index contributed by atoms with van der Waals surface area (Å²) in [5, 5.41) is 5.71. The smallest absolute Gasteiger partial charge is 0.216 e. The van der Waals surface area contributed by atoms with Crippen molar-refractivity contribution in [2.45, 2.75) is 66.8 Å². The molecule has 3 nitrogen and oxygen atoms in total. The maximum atomic E-state index is 9.70. The molecule has 0 radical (unpaired) electrons. The lowest BCUT2D eigenvalue weighted by Crippen LogP contribution is -2.16. The number of carbonyl (C=O) groups is 1. The van der Waals surface area contributed by atoms with Gasteiger partial charge >= 0.3 is 0 Å². The molecule has 1 atom stereocenters. The van der Waals surface area contributed by atoms with Crippen LogP contribution in [0.5, 0.6) is 0 Å². The molecule has 3 heteroatoms. The van der Waals surface area contributed by atoms with Crippen LogP contribution in [0.4, 0.5) is 0 Å². The summed E-state index contributed by atoms with van der Waals surface area (Å²) in [7, 11) is 1.60. The average molecular weight is 232 g/mol. The maximum Gasteiger partial charge on any atom is 0.216 e. The topological polar surface area (TPSA) is 41.1 Å². The highest BCUT2D eigenvalue weighted by Gasteiger charge is 2.05. The first-order valence-corrected chi connectivity index (χ1v) is 6.50. The van der Waals surface area contributed by atoms with Crippen molar-refractivity contribution in [1.82, 2.24) is 10.6 Å². The lowest BCUT2D eigenvalue weighted by Gasteiger charge is -1.95. The zero-order chi connectivity index (χ0) is 13.4. The Bertz CT molecular complexity index is 121. The number of hydrogen-bond donors (Lipinski definition) is 2. The zero-order valence-corrected chi connectivity index (χ0v) is 12.3. The van der Waals surface area contributed by atoms with E-state index in [-0.39, 0.29) is 5.91 Å². The van der Waals surface area contributed by atoms with Crippen molar-refractivity contribution in [3.63, 3.8) is 0 Å². The molecule has 1 aliphatic heterocycles. The first kappa shape index (κ1) is 20.8. The highest BCUT2D eigenvalue weighted by atomic mass is 16.1. The van der Waals surface area contributed by atoms with E-state index in [0.717, 1.165) is 6.04 Å². The van der Waals surface area contributed by atoms with E-state index < -0.39 is 0 Å². The SMILES string of the molecule is CC.CC1CCCN1.CCC.CNC(C)=O. The molecule has 0 bridgehead atoms. The van der Waals surface area contributed by atoms with Gasteiger partial charge in [0.25, 0.3) is 0 Å². The molecule has 0 aromatic heterocycles. The van der Waals surface area contributed by atoms with Gasteiger partial charge in [-0.05, 0) is 26.3 Å². The minimum absolute atomic E-state index is 0.00463. The van der Waals surface area contributed by atoms with Crippen molar-refractivity contribution in [3.8, 4) is 0 Å². The van der Waals surface area contributed by atoms with Crippen molar-refractivity contribution in [2.75, 3.05) is 13.6 Å². The molecule has 2 N–H and O–H groups in total. The summed E-state index contributed by atoms with van der Waals surface area (Å²) in [6, 6.07) is 0.796. The third-order valence-electron chi connectivity index (χ3n) is 1.66. The molecule has 1 aliphatic rings. The lowest BCUT2D eigenvalue weighted by atomic mass is 10.3. The van der Waals surface area contributed by atoms with Gasteiger partial charge in [0.2, 0.25) is 5.91 Å². The summed E-state index contributed by atoms with van der Waals surface area (Å²) in [6.45, 7) is 13.2. The van der Waals surface area contributed by atoms with Crippen LogP contribution in [0.3, 0.4) is 0 Å². The summed E-state index contributed by atoms with van der Waals surface area (Å²) >= 11 is 0. The van der Waals surface area contributed by atoms with Crippen LogP contribution < -0.4 is 10.6 Å². The van der Waals surface area contributed by atoms with E-state index in [9.17, 15) is 4.79 Å². The number of hydrogen-bond acceptors (Lipinski definition) is 2. The number of carbonyl (C=O) groups excluding carboxylic acids is 1. The minimum Gasteiger partial charge on any atom is -0.359 e. The van der Waals surface area contributed by atoms with Crippen molar-refractivity contribution in [1.29, 1.82) is 0 Å². The Balaban J connectivity index is -0.000000155. The standard InChI is InChI=1S/C5H11N.C3H7NO.C3H8.C2H6/c1-5-3-2-4-6-5;1-3(5)4-2;1-3-2;1-2/h5-6H,2-4H2,1H3;1-2H3,(H,4,5);3H2,1-2H3;1-2H3. The molecule has 1 fully saturated rings. The Hall–Kier alpha value is -0.570. The molecule has 1 rings (SSSR count). The van der Waals surface area contributed by atoms with E-state index in [2.05, 4.69) is 31.4 Å². The van der Waals surface area contributed by atoms with E-state index in [1.807, 2.05) is 13.8 Å². The van der Waals surface area contributed by atoms with Gasteiger partial charge in [-0.25, -0.2) is 0 Å². The second-order valence-electron chi connectivity index (χ2n) is 3.51. The molecule has 1 amide bonds. The molecule has 0 spiro atoms. The summed E-state index contributed by atoms with van der Waals surface area (Å²) in [5.74, 6) is 0.00463. The molecule has 1 heterocycles. The van der Waals surface area contributed by atoms with Gasteiger partial charge in [0.05, 0.1) is 0 Å². The van der Waals surface area contributed by atoms with Gasteiger partial charge in [-0.1, -0.05) is 34.1 Å². The van der Waals surface area contributed by atoms with E-state index in [1.54, 1.807) is 7.05 Å². The summed E-state index contributed by atoms with van der Waals surface area (Å²) in [4.78, 5) is 9.70. The first-order chi connectivity index (χ1) is 7.58. The number of nitrogens with one attached hydrogen (secondary N) is 2. The fraction of sp³-hybridized carbons (Fsp3) is 0.923. The van der Waals surface area contributed by atoms with Crippen molar-refractivity contribution in [2.24, 2.45) is 0 Å². The Morgan fingerprint density at radius 2 is 1.75 bits per heavy atom. The second-order valence-corrected chi connectivity index (χ2v) is 3.51. The summed E-state index contributed by atoms with van der Waals surface area (Å²) in [6.07, 6.45) is 4.00. The molecular formula is C13H32N2O. The van der Waals surface area contributed by atoms with Crippen LogP contribution in [-0.2, 0) is 4.79 Å². The molecular weight excluding hydrogens is 200 g/mol. The van der Waals surface area contributed by atoms with Gasteiger partial charge < -0.3 is 10.6 Å². The van der Waals surface area contributed by atoms with Gasteiger partial charge in [0.15, 0.2) is 0 Å². The first-order valence-electron chi connectivity index (χ1n) is 6.50. The largest absolute Gasteiger partial charge is 0.359 e. The minimum atomic E-state index is 0.00463. The Kier molecular flexibility index (Phi) is 25.9. The molecule has 100 valence electrons. The fourth-order valence-corrected chi connectivity index (χ4v) is 0.859. The highest BCUT2D eigenvalue weighted by molar-refractivity contribution is 5.72. The normalized spacial score (nSPS) is 16.6. The third kappa shape index (κ3) is 29.2. The van der Waals surface area contributed by atoms with Crippen LogP contribution in [0.15, 0.2) is 0 Å². The quantitative estimate of drug-likeness (QED) is 0.674. The van der Waals surface area contributed by atoms with Gasteiger partial charge in [0.1, 0.15) is 0 Å². The van der Waals surface area contributed by atoms with Gasteiger partial charge in [-0.15, -0.1) is 0 Å². The van der Waals surface area contributed by atoms with Crippen LogP contribution in [0.2, 0.25) is 0 Å². The van der Waals surface area contributed by atoms with E-state index in [4.69, 9.17) is 0 Å². The molecule has 1 unspecified atom stereocenters. The summed E-state index contributed by atoms with van der Waals surface area (Å²) < 4.78 is 0. The lowest BCUT2D eigenvalue weighted by molar-refractivity contribution is -0.118. The van der Waals surface area contributed by atoms with Gasteiger partial charge in [-0.3, -0.25) is 4.79 Å². The van der Waals surface area contributed by atoms with Crippen molar-refractivity contribution >= 4 is 5.91 Å². The maximum absolute atomic E-state index is 9.70. The molecule has 0 aromatic rings. The summed E-state index contributed by atoms with van der Waals surface area (Å²) in [5.41, 5.74) is 0. The number of amides is 1. The Morgan fingerprint density at radius 1 is 1.38 bits per heavy atom. The monoisotopic (exact) mass is 232 g/mol. The second kappa shape index (κ2) is 19.9. The van der Waals surface area contributed by atoms with Crippen LogP contribution in [-0.4, -0.2) is 25.5 Å². The molecule has 0 aliphatic carbocycles. The highest BCUT2D eigenvalue weighted by Crippen LogP contribution is 2.01. The van der Waals surface area contributed by atoms with E-state index >= 15 is 0 Å². The fourth-order valence-electron chi connectivity index (χ4n) is 0.859. The third-order valence-corrected chi connectivity index (χ3v) is 1.66. The van der Waals surface area contributed by atoms with Crippen molar-refractivity contribution in [3.05, 3.63) is 0 Å². The van der Waals surface area contributed by atoms with Crippen molar-refractivity contribution < 1.29 is 4.79 Å². The van der Waals surface area contributed by atoms with E-state index in [0.29, 0.717) is 0 Å². The Morgan fingerprint density at radius 3 is 1.81 bits per heavy atom. The van der Waals surface area contributed by atoms with Gasteiger partial charge in [-0.2, -0.15) is 0 Å². The predicted molar refractivity (Wildman–Crippen MR) is 73.8 cm³/mol. The predicted octanol–water partition coefficient (Wildman–Crippen LogP) is 2.95. The Labute approximate surface area is 102 Å². The van der Waals surface area contributed by atoms with Gasteiger partial charge in [0, 0.05) is 20.0 Å². The number of rotatable bonds is 0. The van der Waals surface area contributed by atoms with Crippen LogP contribution in [0.1, 0.15) is 60.8 Å². The molecule has 0 aromatic carbocycles. The molecule has 1 saturated heterocycles. The molecule has 16 heavy (non-hydrogen) atoms. The average Bonchev–Trinajstić information content (AvgIpc) is 2.74. The molecule has 0 saturated carbocycles. The van der Waals surface area contributed by atoms with Crippen LogP contribution in [0.25, 0.3) is 0 Å². The van der Waals surface area contributed by atoms with Crippen LogP contribution in [0, 0.1) is 0 Å².